The summed E-state index contributed by atoms with van der Waals surface area (Å²) in [7, 11) is 1.50. The van der Waals surface area contributed by atoms with Gasteiger partial charge in [0.05, 0.1) is 30.5 Å². The van der Waals surface area contributed by atoms with Crippen LogP contribution in [0.25, 0.3) is 0 Å². The van der Waals surface area contributed by atoms with E-state index >= 15 is 0 Å². The van der Waals surface area contributed by atoms with Gasteiger partial charge in [-0.1, -0.05) is 23.7 Å². The van der Waals surface area contributed by atoms with Gasteiger partial charge in [0.15, 0.2) is 11.5 Å². The van der Waals surface area contributed by atoms with E-state index in [1.807, 2.05) is 6.92 Å². The Kier molecular flexibility index (Phi) is 6.14. The molecule has 0 fully saturated rings. The Labute approximate surface area is 144 Å². The maximum atomic E-state index is 13.5. The second-order valence-corrected chi connectivity index (χ2v) is 5.05. The summed E-state index contributed by atoms with van der Waals surface area (Å²) in [5.74, 6) is -0.371. The second kappa shape index (κ2) is 8.31. The van der Waals surface area contributed by atoms with Gasteiger partial charge in [-0.25, -0.2) is 9.82 Å². The molecule has 0 unspecified atom stereocenters. The van der Waals surface area contributed by atoms with Crippen LogP contribution in [0.4, 0.5) is 4.39 Å². The molecule has 2 aromatic rings. The van der Waals surface area contributed by atoms with Gasteiger partial charge in [0.1, 0.15) is 5.82 Å². The van der Waals surface area contributed by atoms with Crippen LogP contribution in [0.3, 0.4) is 0 Å². The third-order valence-electron chi connectivity index (χ3n) is 3.04. The Bertz CT molecular complexity index is 765. The molecule has 1 amide bonds. The lowest BCUT2D eigenvalue weighted by molar-refractivity contribution is 0.0951. The number of nitrogens with zero attached hydrogens (tertiary/aromatic N) is 1. The van der Waals surface area contributed by atoms with Gasteiger partial charge >= 0.3 is 0 Å². The minimum atomic E-state index is -0.645. The molecule has 1 N–H and O–H groups in total. The van der Waals surface area contributed by atoms with Gasteiger partial charge in [0.25, 0.3) is 5.91 Å². The van der Waals surface area contributed by atoms with Crippen molar-refractivity contribution in [3.63, 3.8) is 0 Å². The lowest BCUT2D eigenvalue weighted by atomic mass is 10.2. The van der Waals surface area contributed by atoms with E-state index in [0.717, 1.165) is 0 Å². The molecule has 5 nitrogen and oxygen atoms in total. The average molecular weight is 351 g/mol. The van der Waals surface area contributed by atoms with E-state index in [9.17, 15) is 9.18 Å². The zero-order valence-corrected chi connectivity index (χ0v) is 13.9. The third kappa shape index (κ3) is 4.23. The number of hydrazone groups is 1. The molecule has 0 bridgehead atoms. The summed E-state index contributed by atoms with van der Waals surface area (Å²) in [6, 6.07) is 8.93. The Balaban J connectivity index is 2.13. The highest BCUT2D eigenvalue weighted by Crippen LogP contribution is 2.35. The molecule has 24 heavy (non-hydrogen) atoms. The van der Waals surface area contributed by atoms with Crippen molar-refractivity contribution in [1.82, 2.24) is 5.43 Å². The molecule has 0 aromatic heterocycles. The molecule has 0 aliphatic carbocycles. The van der Waals surface area contributed by atoms with Crippen LogP contribution in [-0.4, -0.2) is 25.8 Å². The van der Waals surface area contributed by atoms with Crippen LogP contribution in [-0.2, 0) is 0 Å². The average Bonchev–Trinajstić information content (AvgIpc) is 2.57. The number of hydrogen-bond donors (Lipinski definition) is 1. The summed E-state index contributed by atoms with van der Waals surface area (Å²) < 4.78 is 24.1. The number of halogens is 2. The fourth-order valence-electron chi connectivity index (χ4n) is 1.97. The molecule has 2 rings (SSSR count). The van der Waals surface area contributed by atoms with E-state index in [2.05, 4.69) is 10.5 Å². The quantitative estimate of drug-likeness (QED) is 0.639. The molecule has 0 saturated heterocycles. The second-order valence-electron chi connectivity index (χ2n) is 4.65. The van der Waals surface area contributed by atoms with Gasteiger partial charge in [-0.2, -0.15) is 5.10 Å². The van der Waals surface area contributed by atoms with E-state index in [-0.39, 0.29) is 5.56 Å². The van der Waals surface area contributed by atoms with Crippen molar-refractivity contribution < 1.29 is 18.7 Å². The number of ether oxygens (including phenoxy) is 2. The van der Waals surface area contributed by atoms with Crippen molar-refractivity contribution >= 4 is 23.7 Å². The Morgan fingerprint density at radius 1 is 1.38 bits per heavy atom. The Morgan fingerprint density at radius 3 is 2.79 bits per heavy atom. The fraction of sp³-hybridized carbons (Fsp3) is 0.176. The number of benzene rings is 2. The molecule has 0 heterocycles. The summed E-state index contributed by atoms with van der Waals surface area (Å²) >= 11 is 6.15. The number of carbonyl (C=O) groups is 1. The first-order chi connectivity index (χ1) is 11.6. The third-order valence-corrected chi connectivity index (χ3v) is 3.32. The first-order valence-corrected chi connectivity index (χ1v) is 7.52. The highest BCUT2D eigenvalue weighted by Gasteiger charge is 2.12. The maximum absolute atomic E-state index is 13.5. The van der Waals surface area contributed by atoms with E-state index in [4.69, 9.17) is 21.1 Å². The Hall–Kier alpha value is -2.60. The normalized spacial score (nSPS) is 10.7. The molecule has 0 aliphatic rings. The number of rotatable bonds is 6. The molecule has 2 aromatic carbocycles. The standard InChI is InChI=1S/C17H16ClFN2O3/c1-3-24-16-13(18)8-11(9-15(16)23-2)10-20-21-17(22)12-6-4-5-7-14(12)19/h4-10H,3H2,1-2H3,(H,21,22)/b20-10-. The molecule has 0 atom stereocenters. The minimum absolute atomic E-state index is 0.0862. The van der Waals surface area contributed by atoms with Crippen LogP contribution in [0.15, 0.2) is 41.5 Å². The van der Waals surface area contributed by atoms with Gasteiger partial charge in [-0.15, -0.1) is 0 Å². The number of nitrogens with one attached hydrogen (secondary N) is 1. The fourth-order valence-corrected chi connectivity index (χ4v) is 2.24. The summed E-state index contributed by atoms with van der Waals surface area (Å²) in [4.78, 5) is 11.8. The Morgan fingerprint density at radius 2 is 2.12 bits per heavy atom. The monoisotopic (exact) mass is 350 g/mol. The van der Waals surface area contributed by atoms with E-state index in [1.54, 1.807) is 18.2 Å². The highest BCUT2D eigenvalue weighted by atomic mass is 35.5. The van der Waals surface area contributed by atoms with Gasteiger partial charge in [-0.05, 0) is 36.8 Å². The number of hydrogen-bond acceptors (Lipinski definition) is 4. The topological polar surface area (TPSA) is 59.9 Å². The lowest BCUT2D eigenvalue weighted by Gasteiger charge is -2.11. The lowest BCUT2D eigenvalue weighted by Crippen LogP contribution is -2.18. The number of carbonyl (C=O) groups excluding carboxylic acids is 1. The number of methoxy groups -OCH3 is 1. The molecular formula is C17H16ClFN2O3. The first kappa shape index (κ1) is 17.7. The zero-order chi connectivity index (χ0) is 17.5. The van der Waals surface area contributed by atoms with Crippen molar-refractivity contribution in [3.8, 4) is 11.5 Å². The van der Waals surface area contributed by atoms with Gasteiger partial charge in [-0.3, -0.25) is 4.79 Å². The largest absolute Gasteiger partial charge is 0.493 e. The van der Waals surface area contributed by atoms with Gasteiger partial charge in [0, 0.05) is 0 Å². The van der Waals surface area contributed by atoms with Crippen LogP contribution in [0.1, 0.15) is 22.8 Å². The van der Waals surface area contributed by atoms with Crippen molar-refractivity contribution in [1.29, 1.82) is 0 Å². The molecular weight excluding hydrogens is 335 g/mol. The van der Waals surface area contributed by atoms with Crippen LogP contribution in [0.5, 0.6) is 11.5 Å². The van der Waals surface area contributed by atoms with Crippen molar-refractivity contribution in [2.24, 2.45) is 5.10 Å². The summed E-state index contributed by atoms with van der Waals surface area (Å²) in [6.07, 6.45) is 1.38. The maximum Gasteiger partial charge on any atom is 0.274 e. The van der Waals surface area contributed by atoms with E-state index in [1.165, 1.54) is 31.5 Å². The van der Waals surface area contributed by atoms with Crippen molar-refractivity contribution in [2.45, 2.75) is 6.92 Å². The summed E-state index contributed by atoms with van der Waals surface area (Å²) in [5.41, 5.74) is 2.77. The molecule has 7 heteroatoms. The molecule has 0 saturated carbocycles. The molecule has 0 aliphatic heterocycles. The van der Waals surface area contributed by atoms with Gasteiger partial charge < -0.3 is 9.47 Å². The molecule has 126 valence electrons. The van der Waals surface area contributed by atoms with E-state index in [0.29, 0.717) is 28.7 Å². The minimum Gasteiger partial charge on any atom is -0.493 e. The zero-order valence-electron chi connectivity index (χ0n) is 13.2. The number of amides is 1. The van der Waals surface area contributed by atoms with Crippen molar-refractivity contribution in [3.05, 3.63) is 58.4 Å². The van der Waals surface area contributed by atoms with Crippen LogP contribution in [0.2, 0.25) is 5.02 Å². The van der Waals surface area contributed by atoms with Crippen LogP contribution < -0.4 is 14.9 Å². The van der Waals surface area contributed by atoms with Crippen LogP contribution in [0, 0.1) is 5.82 Å². The molecule has 0 radical (unpaired) electrons. The molecule has 0 spiro atoms. The summed E-state index contributed by atoms with van der Waals surface area (Å²) in [6.45, 7) is 2.28. The first-order valence-electron chi connectivity index (χ1n) is 7.15. The van der Waals surface area contributed by atoms with Crippen molar-refractivity contribution in [2.75, 3.05) is 13.7 Å². The van der Waals surface area contributed by atoms with E-state index < -0.39 is 11.7 Å². The summed E-state index contributed by atoms with van der Waals surface area (Å²) in [5, 5.41) is 4.16. The SMILES string of the molecule is CCOc1c(Cl)cc(/C=N\NC(=O)c2ccccc2F)cc1OC. The van der Waals surface area contributed by atoms with Gasteiger partial charge in [0.2, 0.25) is 0 Å². The smallest absolute Gasteiger partial charge is 0.274 e. The van der Waals surface area contributed by atoms with Crippen LogP contribution >= 0.6 is 11.6 Å². The predicted molar refractivity (Wildman–Crippen MR) is 90.6 cm³/mol. The highest BCUT2D eigenvalue weighted by molar-refractivity contribution is 6.32. The predicted octanol–water partition coefficient (Wildman–Crippen LogP) is 3.65.